The molecule has 1 atom stereocenters. The fourth-order valence-electron chi connectivity index (χ4n) is 1.53. The van der Waals surface area contributed by atoms with Crippen LogP contribution in [0.25, 0.3) is 0 Å². The normalized spacial score (nSPS) is 14.2. The van der Waals surface area contributed by atoms with Gasteiger partial charge in [-0.1, -0.05) is 45.4 Å². The molecule has 1 nitrogen and oxygen atoms in total. The van der Waals surface area contributed by atoms with E-state index in [9.17, 15) is 13.2 Å². The first-order valence-electron chi connectivity index (χ1n) is 5.70. The van der Waals surface area contributed by atoms with Gasteiger partial charge in [0.05, 0.1) is 12.5 Å². The average Bonchev–Trinajstić information content (AvgIpc) is 2.08. The lowest BCUT2D eigenvalue weighted by atomic mass is 10.1. The number of hydrogen-bond donors (Lipinski definition) is 1. The molecule has 0 aliphatic heterocycles. The van der Waals surface area contributed by atoms with Crippen molar-refractivity contribution < 1.29 is 18.3 Å². The van der Waals surface area contributed by atoms with Gasteiger partial charge in [-0.05, 0) is 6.42 Å². The van der Waals surface area contributed by atoms with Crippen molar-refractivity contribution in [2.75, 3.05) is 0 Å². The quantitative estimate of drug-likeness (QED) is 0.619. The SMILES string of the molecule is CCCCCCCCC(O)CC(F)(F)F. The van der Waals surface area contributed by atoms with Crippen molar-refractivity contribution in [1.29, 1.82) is 0 Å². The molecule has 0 fully saturated rings. The number of rotatable bonds is 8. The number of alkyl halides is 3. The third-order valence-corrected chi connectivity index (χ3v) is 2.36. The molecule has 0 aromatic rings. The van der Waals surface area contributed by atoms with Gasteiger partial charge in [0.15, 0.2) is 0 Å². The highest BCUT2D eigenvalue weighted by Gasteiger charge is 2.30. The molecule has 0 rings (SSSR count). The standard InChI is InChI=1S/C11H21F3O/c1-2-3-4-5-6-7-8-10(15)9-11(12,13)14/h10,15H,2-9H2,1H3. The van der Waals surface area contributed by atoms with Gasteiger partial charge in [-0.2, -0.15) is 13.2 Å². The second-order valence-electron chi connectivity index (χ2n) is 4.03. The third-order valence-electron chi connectivity index (χ3n) is 2.36. The minimum absolute atomic E-state index is 0.269. The number of unbranched alkanes of at least 4 members (excludes halogenated alkanes) is 5. The summed E-state index contributed by atoms with van der Waals surface area (Å²) in [5.41, 5.74) is 0. The van der Waals surface area contributed by atoms with Crippen LogP contribution < -0.4 is 0 Å². The first-order valence-corrected chi connectivity index (χ1v) is 5.70. The van der Waals surface area contributed by atoms with Crippen LogP contribution >= 0.6 is 0 Å². The van der Waals surface area contributed by atoms with Gasteiger partial charge in [0.1, 0.15) is 0 Å². The summed E-state index contributed by atoms with van der Waals surface area (Å²) >= 11 is 0. The van der Waals surface area contributed by atoms with E-state index >= 15 is 0 Å². The van der Waals surface area contributed by atoms with Crippen LogP contribution in [-0.2, 0) is 0 Å². The summed E-state index contributed by atoms with van der Waals surface area (Å²) in [4.78, 5) is 0. The Labute approximate surface area is 89.7 Å². The molecular formula is C11H21F3O. The maximum atomic E-state index is 11.8. The fourth-order valence-corrected chi connectivity index (χ4v) is 1.53. The van der Waals surface area contributed by atoms with Crippen molar-refractivity contribution in [2.45, 2.75) is 70.6 Å². The molecule has 4 heteroatoms. The van der Waals surface area contributed by atoms with Gasteiger partial charge in [0.2, 0.25) is 0 Å². The van der Waals surface area contributed by atoms with E-state index in [-0.39, 0.29) is 6.42 Å². The van der Waals surface area contributed by atoms with Crippen molar-refractivity contribution in [1.82, 2.24) is 0 Å². The molecule has 0 saturated heterocycles. The minimum Gasteiger partial charge on any atom is -0.393 e. The van der Waals surface area contributed by atoms with E-state index in [1.54, 1.807) is 0 Å². The highest BCUT2D eigenvalue weighted by atomic mass is 19.4. The summed E-state index contributed by atoms with van der Waals surface area (Å²) in [5, 5.41) is 9.07. The van der Waals surface area contributed by atoms with Crippen LogP contribution in [0, 0.1) is 0 Å². The van der Waals surface area contributed by atoms with E-state index in [2.05, 4.69) is 6.92 Å². The summed E-state index contributed by atoms with van der Waals surface area (Å²) in [7, 11) is 0. The molecule has 0 bridgehead atoms. The highest BCUT2D eigenvalue weighted by Crippen LogP contribution is 2.23. The molecule has 1 N–H and O–H groups in total. The van der Waals surface area contributed by atoms with Crippen LogP contribution in [0.3, 0.4) is 0 Å². The van der Waals surface area contributed by atoms with Crippen molar-refractivity contribution >= 4 is 0 Å². The zero-order valence-corrected chi connectivity index (χ0v) is 9.32. The molecule has 0 amide bonds. The second kappa shape index (κ2) is 7.97. The predicted molar refractivity (Wildman–Crippen MR) is 54.7 cm³/mol. The summed E-state index contributed by atoms with van der Waals surface area (Å²) in [6.07, 6.45) is -0.0677. The van der Waals surface area contributed by atoms with Crippen molar-refractivity contribution in [2.24, 2.45) is 0 Å². The molecule has 0 spiro atoms. The fraction of sp³-hybridized carbons (Fsp3) is 1.00. The number of aliphatic hydroxyl groups excluding tert-OH is 1. The van der Waals surface area contributed by atoms with Gasteiger partial charge in [-0.15, -0.1) is 0 Å². The maximum Gasteiger partial charge on any atom is 0.391 e. The number of halogens is 3. The number of aliphatic hydroxyl groups is 1. The van der Waals surface area contributed by atoms with E-state index in [1.807, 2.05) is 0 Å². The van der Waals surface area contributed by atoms with Gasteiger partial charge in [0.25, 0.3) is 0 Å². The zero-order valence-electron chi connectivity index (χ0n) is 9.32. The number of hydrogen-bond acceptors (Lipinski definition) is 1. The van der Waals surface area contributed by atoms with E-state index in [4.69, 9.17) is 5.11 Å². The lowest BCUT2D eigenvalue weighted by Gasteiger charge is -2.12. The van der Waals surface area contributed by atoms with Crippen molar-refractivity contribution in [3.8, 4) is 0 Å². The lowest BCUT2D eigenvalue weighted by molar-refractivity contribution is -0.154. The summed E-state index contributed by atoms with van der Waals surface area (Å²) < 4.78 is 35.5. The van der Waals surface area contributed by atoms with Crippen LogP contribution in [0.4, 0.5) is 13.2 Å². The molecule has 0 aromatic carbocycles. The van der Waals surface area contributed by atoms with Gasteiger partial charge in [-0.3, -0.25) is 0 Å². The van der Waals surface area contributed by atoms with Crippen molar-refractivity contribution in [3.63, 3.8) is 0 Å². The minimum atomic E-state index is -4.23. The average molecular weight is 226 g/mol. The van der Waals surface area contributed by atoms with Crippen LogP contribution in [0.15, 0.2) is 0 Å². The maximum absolute atomic E-state index is 11.8. The molecule has 0 saturated carbocycles. The molecule has 15 heavy (non-hydrogen) atoms. The Morgan fingerprint density at radius 2 is 1.53 bits per heavy atom. The Bertz CT molecular complexity index is 145. The van der Waals surface area contributed by atoms with E-state index < -0.39 is 18.7 Å². The Morgan fingerprint density at radius 3 is 2.07 bits per heavy atom. The lowest BCUT2D eigenvalue weighted by Crippen LogP contribution is -2.19. The molecule has 92 valence electrons. The molecule has 0 heterocycles. The van der Waals surface area contributed by atoms with E-state index in [1.165, 1.54) is 6.42 Å². The van der Waals surface area contributed by atoms with Crippen LogP contribution in [0.5, 0.6) is 0 Å². The van der Waals surface area contributed by atoms with Crippen LogP contribution in [0.2, 0.25) is 0 Å². The third kappa shape index (κ3) is 11.7. The van der Waals surface area contributed by atoms with E-state index in [0.717, 1.165) is 25.7 Å². The van der Waals surface area contributed by atoms with E-state index in [0.29, 0.717) is 6.42 Å². The van der Waals surface area contributed by atoms with Gasteiger partial charge < -0.3 is 5.11 Å². The second-order valence-corrected chi connectivity index (χ2v) is 4.03. The van der Waals surface area contributed by atoms with Crippen LogP contribution in [0.1, 0.15) is 58.3 Å². The molecule has 0 radical (unpaired) electrons. The summed E-state index contributed by atoms with van der Waals surface area (Å²) in [5.74, 6) is 0. The predicted octanol–water partition coefficient (Wildman–Crippen LogP) is 4.05. The topological polar surface area (TPSA) is 20.2 Å². The highest BCUT2D eigenvalue weighted by molar-refractivity contribution is 4.61. The van der Waals surface area contributed by atoms with Crippen molar-refractivity contribution in [3.05, 3.63) is 0 Å². The Hall–Kier alpha value is -0.250. The molecule has 0 aliphatic carbocycles. The molecule has 1 unspecified atom stereocenters. The first-order chi connectivity index (χ1) is 6.95. The molecule has 0 aromatic heterocycles. The summed E-state index contributed by atoms with van der Waals surface area (Å²) in [6.45, 7) is 2.12. The monoisotopic (exact) mass is 226 g/mol. The Balaban J connectivity index is 3.28. The molecular weight excluding hydrogens is 205 g/mol. The largest absolute Gasteiger partial charge is 0.393 e. The Morgan fingerprint density at radius 1 is 1.00 bits per heavy atom. The van der Waals surface area contributed by atoms with Gasteiger partial charge in [-0.25, -0.2) is 0 Å². The zero-order chi connectivity index (χ0) is 11.7. The molecule has 0 aliphatic rings. The summed E-state index contributed by atoms with van der Waals surface area (Å²) in [6, 6.07) is 0. The first kappa shape index (κ1) is 14.8. The Kier molecular flexibility index (Phi) is 7.83. The van der Waals surface area contributed by atoms with Gasteiger partial charge in [0, 0.05) is 0 Å². The van der Waals surface area contributed by atoms with Gasteiger partial charge >= 0.3 is 6.18 Å². The van der Waals surface area contributed by atoms with Crippen LogP contribution in [-0.4, -0.2) is 17.4 Å². The smallest absolute Gasteiger partial charge is 0.391 e.